The molecule has 4 heteroatoms. The van der Waals surface area contributed by atoms with E-state index in [1.165, 1.54) is 25.1 Å². The maximum Gasteiger partial charge on any atom is 0.0312 e. The van der Waals surface area contributed by atoms with Gasteiger partial charge in [0.1, 0.15) is 0 Å². The van der Waals surface area contributed by atoms with Crippen molar-refractivity contribution in [3.8, 4) is 0 Å². The molecule has 2 N–H and O–H groups in total. The van der Waals surface area contributed by atoms with Crippen molar-refractivity contribution in [1.29, 1.82) is 0 Å². The fraction of sp³-hybridized carbons (Fsp3) is 0.545. The van der Waals surface area contributed by atoms with Crippen LogP contribution in [0.4, 0.5) is 0 Å². The Bertz CT molecular complexity index is 260. The van der Waals surface area contributed by atoms with Crippen LogP contribution in [0.15, 0.2) is 24.5 Å². The molecule has 1 unspecified atom stereocenters. The Morgan fingerprint density at radius 2 is 2.47 bits per heavy atom. The van der Waals surface area contributed by atoms with Gasteiger partial charge in [-0.15, -0.1) is 12.4 Å². The Labute approximate surface area is 97.1 Å². The summed E-state index contributed by atoms with van der Waals surface area (Å²) in [6, 6.07) is 4.08. The zero-order valence-electron chi connectivity index (χ0n) is 8.78. The molecule has 1 aromatic rings. The lowest BCUT2D eigenvalue weighted by Crippen LogP contribution is -2.24. The summed E-state index contributed by atoms with van der Waals surface area (Å²) in [6.07, 6.45) is 5.03. The summed E-state index contributed by atoms with van der Waals surface area (Å²) in [4.78, 5) is 4.08. The minimum Gasteiger partial charge on any atom is -0.316 e. The SMILES string of the molecule is Cl.c1cncc(CNCC2CCNC2)c1. The summed E-state index contributed by atoms with van der Waals surface area (Å²) in [6.45, 7) is 4.39. The van der Waals surface area contributed by atoms with Gasteiger partial charge in [0.2, 0.25) is 0 Å². The monoisotopic (exact) mass is 227 g/mol. The summed E-state index contributed by atoms with van der Waals surface area (Å²) in [7, 11) is 0. The first kappa shape index (κ1) is 12.4. The molecule has 1 aliphatic rings. The summed E-state index contributed by atoms with van der Waals surface area (Å²) >= 11 is 0. The van der Waals surface area contributed by atoms with Gasteiger partial charge >= 0.3 is 0 Å². The summed E-state index contributed by atoms with van der Waals surface area (Å²) in [5, 5.41) is 6.83. The molecule has 15 heavy (non-hydrogen) atoms. The largest absolute Gasteiger partial charge is 0.316 e. The predicted molar refractivity (Wildman–Crippen MR) is 64.2 cm³/mol. The van der Waals surface area contributed by atoms with E-state index in [0.717, 1.165) is 19.0 Å². The predicted octanol–water partition coefficient (Wildman–Crippen LogP) is 1.20. The van der Waals surface area contributed by atoms with E-state index in [-0.39, 0.29) is 12.4 Å². The average molecular weight is 228 g/mol. The van der Waals surface area contributed by atoms with Gasteiger partial charge in [-0.2, -0.15) is 0 Å². The Hall–Kier alpha value is -0.640. The fourth-order valence-electron chi connectivity index (χ4n) is 1.81. The van der Waals surface area contributed by atoms with E-state index in [2.05, 4.69) is 21.7 Å². The highest BCUT2D eigenvalue weighted by molar-refractivity contribution is 5.85. The van der Waals surface area contributed by atoms with Gasteiger partial charge < -0.3 is 10.6 Å². The van der Waals surface area contributed by atoms with Crippen LogP contribution in [0, 0.1) is 5.92 Å². The molecule has 0 radical (unpaired) electrons. The van der Waals surface area contributed by atoms with Crippen molar-refractivity contribution in [2.75, 3.05) is 19.6 Å². The molecule has 84 valence electrons. The lowest BCUT2D eigenvalue weighted by molar-refractivity contribution is 0.512. The van der Waals surface area contributed by atoms with Crippen LogP contribution in [0.25, 0.3) is 0 Å². The van der Waals surface area contributed by atoms with E-state index < -0.39 is 0 Å². The van der Waals surface area contributed by atoms with Crippen molar-refractivity contribution in [3.05, 3.63) is 30.1 Å². The van der Waals surface area contributed by atoms with Crippen molar-refractivity contribution in [1.82, 2.24) is 15.6 Å². The van der Waals surface area contributed by atoms with Crippen LogP contribution < -0.4 is 10.6 Å². The van der Waals surface area contributed by atoms with Crippen LogP contribution in [0.3, 0.4) is 0 Å². The topological polar surface area (TPSA) is 37.0 Å². The highest BCUT2D eigenvalue weighted by Crippen LogP contribution is 2.05. The van der Waals surface area contributed by atoms with Gasteiger partial charge in [0.05, 0.1) is 0 Å². The van der Waals surface area contributed by atoms with Crippen molar-refractivity contribution >= 4 is 12.4 Å². The maximum absolute atomic E-state index is 4.08. The Morgan fingerprint density at radius 3 is 3.13 bits per heavy atom. The number of hydrogen-bond acceptors (Lipinski definition) is 3. The lowest BCUT2D eigenvalue weighted by atomic mass is 10.1. The Balaban J connectivity index is 0.00000112. The highest BCUT2D eigenvalue weighted by atomic mass is 35.5. The second-order valence-electron chi connectivity index (χ2n) is 3.85. The molecular formula is C11H18ClN3. The second kappa shape index (κ2) is 6.77. The van der Waals surface area contributed by atoms with E-state index >= 15 is 0 Å². The molecule has 2 heterocycles. The van der Waals surface area contributed by atoms with E-state index in [1.807, 2.05) is 18.5 Å². The van der Waals surface area contributed by atoms with Crippen molar-refractivity contribution in [2.24, 2.45) is 5.92 Å². The van der Waals surface area contributed by atoms with Gasteiger partial charge in [-0.25, -0.2) is 0 Å². The number of halogens is 1. The molecule has 2 rings (SSSR count). The average Bonchev–Trinajstić information content (AvgIpc) is 2.72. The third-order valence-corrected chi connectivity index (χ3v) is 2.65. The number of pyridine rings is 1. The first-order chi connectivity index (χ1) is 6.95. The van der Waals surface area contributed by atoms with Gasteiger partial charge in [0.15, 0.2) is 0 Å². The first-order valence-electron chi connectivity index (χ1n) is 5.25. The number of aromatic nitrogens is 1. The fourth-order valence-corrected chi connectivity index (χ4v) is 1.81. The van der Waals surface area contributed by atoms with Crippen molar-refractivity contribution in [3.63, 3.8) is 0 Å². The number of nitrogens with zero attached hydrogens (tertiary/aromatic N) is 1. The summed E-state index contributed by atoms with van der Waals surface area (Å²) < 4.78 is 0. The molecule has 3 nitrogen and oxygen atoms in total. The maximum atomic E-state index is 4.08. The van der Waals surface area contributed by atoms with E-state index in [9.17, 15) is 0 Å². The zero-order valence-corrected chi connectivity index (χ0v) is 9.59. The smallest absolute Gasteiger partial charge is 0.0312 e. The van der Waals surface area contributed by atoms with Crippen LogP contribution in [0.1, 0.15) is 12.0 Å². The van der Waals surface area contributed by atoms with Gasteiger partial charge in [0.25, 0.3) is 0 Å². The number of rotatable bonds is 4. The molecule has 0 saturated carbocycles. The Morgan fingerprint density at radius 1 is 1.53 bits per heavy atom. The van der Waals surface area contributed by atoms with E-state index in [0.29, 0.717) is 0 Å². The standard InChI is InChI=1S/C11H17N3.ClH/c1-2-10(6-12-4-1)8-14-9-11-3-5-13-7-11;/h1-2,4,6,11,13-14H,3,5,7-9H2;1H. The van der Waals surface area contributed by atoms with Crippen LogP contribution in [0.5, 0.6) is 0 Å². The molecule has 1 saturated heterocycles. The van der Waals surface area contributed by atoms with Gasteiger partial charge in [-0.05, 0) is 43.6 Å². The lowest BCUT2D eigenvalue weighted by Gasteiger charge is -2.09. The molecule has 1 atom stereocenters. The molecule has 0 aromatic carbocycles. The van der Waals surface area contributed by atoms with Crippen LogP contribution in [-0.4, -0.2) is 24.6 Å². The quantitative estimate of drug-likeness (QED) is 0.812. The molecule has 0 aliphatic carbocycles. The van der Waals surface area contributed by atoms with Crippen molar-refractivity contribution in [2.45, 2.75) is 13.0 Å². The van der Waals surface area contributed by atoms with Crippen LogP contribution in [-0.2, 0) is 6.54 Å². The zero-order chi connectivity index (χ0) is 9.64. The van der Waals surface area contributed by atoms with Gasteiger partial charge in [0, 0.05) is 18.9 Å². The molecule has 0 bridgehead atoms. The van der Waals surface area contributed by atoms with Gasteiger partial charge in [-0.1, -0.05) is 6.07 Å². The minimum absolute atomic E-state index is 0. The summed E-state index contributed by atoms with van der Waals surface area (Å²) in [5.41, 5.74) is 1.26. The normalized spacial score (nSPS) is 19.9. The van der Waals surface area contributed by atoms with E-state index in [4.69, 9.17) is 0 Å². The van der Waals surface area contributed by atoms with E-state index in [1.54, 1.807) is 0 Å². The highest BCUT2D eigenvalue weighted by Gasteiger charge is 2.12. The molecule has 1 aromatic heterocycles. The van der Waals surface area contributed by atoms with Gasteiger partial charge in [-0.3, -0.25) is 4.98 Å². The minimum atomic E-state index is 0. The summed E-state index contributed by atoms with van der Waals surface area (Å²) in [5.74, 6) is 0.812. The van der Waals surface area contributed by atoms with Crippen LogP contribution >= 0.6 is 12.4 Å². The molecular weight excluding hydrogens is 210 g/mol. The molecule has 0 spiro atoms. The first-order valence-corrected chi connectivity index (χ1v) is 5.25. The third-order valence-electron chi connectivity index (χ3n) is 2.65. The number of nitrogens with one attached hydrogen (secondary N) is 2. The molecule has 1 aliphatic heterocycles. The second-order valence-corrected chi connectivity index (χ2v) is 3.85. The van der Waals surface area contributed by atoms with Crippen LogP contribution in [0.2, 0.25) is 0 Å². The van der Waals surface area contributed by atoms with Crippen molar-refractivity contribution < 1.29 is 0 Å². The molecule has 0 amide bonds. The number of hydrogen-bond donors (Lipinski definition) is 2. The third kappa shape index (κ3) is 4.16. The Kier molecular flexibility index (Phi) is 5.61. The molecule has 1 fully saturated rings.